The maximum Gasteiger partial charge on any atom is 0.410 e. The highest BCUT2D eigenvalue weighted by atomic mass is 16.6. The summed E-state index contributed by atoms with van der Waals surface area (Å²) in [6.07, 6.45) is 3.86. The van der Waals surface area contributed by atoms with Crippen molar-refractivity contribution in [3.63, 3.8) is 0 Å². The molecule has 36 heavy (non-hydrogen) atoms. The van der Waals surface area contributed by atoms with Gasteiger partial charge < -0.3 is 28.6 Å². The Morgan fingerprint density at radius 1 is 0.944 bits per heavy atom. The van der Waals surface area contributed by atoms with Crippen LogP contribution < -0.4 is 18.9 Å². The molecule has 2 aromatic carbocycles. The molecule has 5 rings (SSSR count). The Labute approximate surface area is 213 Å². The molecule has 0 radical (unpaired) electrons. The van der Waals surface area contributed by atoms with Crippen molar-refractivity contribution in [1.29, 1.82) is 0 Å². The molecule has 2 unspecified atom stereocenters. The summed E-state index contributed by atoms with van der Waals surface area (Å²) < 4.78 is 28.2. The molecule has 0 aliphatic carbocycles. The zero-order valence-electron chi connectivity index (χ0n) is 21.2. The molecule has 0 spiro atoms. The standard InChI is InChI=1S/C28H36N2O6/c1-32-24-8-7-21(16-27(24)33-2)15-22-18-35-28(31)30(22)14-11-20-9-12-29(13-10-20)17-23-19-34-25-5-3-4-6-26(25)36-23/h3-8,16,20,22-23H,9-15,17-19H2,1-2H3. The van der Waals surface area contributed by atoms with Gasteiger partial charge in [-0.05, 0) is 74.5 Å². The van der Waals surface area contributed by atoms with Gasteiger partial charge in [-0.3, -0.25) is 4.90 Å². The number of hydrogen-bond donors (Lipinski definition) is 0. The van der Waals surface area contributed by atoms with E-state index in [4.69, 9.17) is 23.7 Å². The van der Waals surface area contributed by atoms with E-state index in [1.807, 2.05) is 47.4 Å². The quantitative estimate of drug-likeness (QED) is 0.520. The smallest absolute Gasteiger partial charge is 0.410 e. The summed E-state index contributed by atoms with van der Waals surface area (Å²) in [5.41, 5.74) is 1.10. The van der Waals surface area contributed by atoms with Crippen LogP contribution in [-0.4, -0.2) is 81.7 Å². The fourth-order valence-electron chi connectivity index (χ4n) is 5.43. The van der Waals surface area contributed by atoms with Crippen LogP contribution in [0.5, 0.6) is 23.0 Å². The summed E-state index contributed by atoms with van der Waals surface area (Å²) >= 11 is 0. The average Bonchev–Trinajstić information content (AvgIpc) is 3.26. The zero-order valence-corrected chi connectivity index (χ0v) is 21.2. The Morgan fingerprint density at radius 2 is 1.72 bits per heavy atom. The highest BCUT2D eigenvalue weighted by Crippen LogP contribution is 2.32. The van der Waals surface area contributed by atoms with Crippen molar-refractivity contribution in [3.05, 3.63) is 48.0 Å². The minimum absolute atomic E-state index is 0.0435. The first-order valence-corrected chi connectivity index (χ1v) is 12.9. The van der Waals surface area contributed by atoms with Gasteiger partial charge in [0.15, 0.2) is 23.0 Å². The van der Waals surface area contributed by atoms with Gasteiger partial charge in [-0.1, -0.05) is 18.2 Å². The number of rotatable bonds is 9. The van der Waals surface area contributed by atoms with Crippen LogP contribution in [0.3, 0.4) is 0 Å². The van der Waals surface area contributed by atoms with E-state index < -0.39 is 0 Å². The number of nitrogens with zero attached hydrogens (tertiary/aromatic N) is 2. The number of amides is 1. The summed E-state index contributed by atoms with van der Waals surface area (Å²) in [5.74, 6) is 3.69. The molecule has 2 aromatic rings. The summed E-state index contributed by atoms with van der Waals surface area (Å²) in [5, 5.41) is 0. The van der Waals surface area contributed by atoms with Crippen LogP contribution in [0.15, 0.2) is 42.5 Å². The lowest BCUT2D eigenvalue weighted by molar-refractivity contribution is 0.0466. The third-order valence-electron chi connectivity index (χ3n) is 7.51. The van der Waals surface area contributed by atoms with Gasteiger partial charge in [0.05, 0.1) is 20.3 Å². The van der Waals surface area contributed by atoms with Crippen molar-refractivity contribution in [2.75, 3.05) is 53.6 Å². The third-order valence-corrected chi connectivity index (χ3v) is 7.51. The second kappa shape index (κ2) is 11.3. The first-order chi connectivity index (χ1) is 17.6. The number of likely N-dealkylation sites (tertiary alicyclic amines) is 1. The predicted octanol–water partition coefficient (Wildman–Crippen LogP) is 4.01. The van der Waals surface area contributed by atoms with E-state index in [-0.39, 0.29) is 18.2 Å². The predicted molar refractivity (Wildman–Crippen MR) is 135 cm³/mol. The first-order valence-electron chi connectivity index (χ1n) is 12.9. The van der Waals surface area contributed by atoms with E-state index in [1.165, 1.54) is 0 Å². The number of methoxy groups -OCH3 is 2. The van der Waals surface area contributed by atoms with Crippen LogP contribution in [0.4, 0.5) is 4.79 Å². The number of ether oxygens (including phenoxy) is 5. The van der Waals surface area contributed by atoms with Crippen molar-refractivity contribution in [2.45, 2.75) is 37.8 Å². The fourth-order valence-corrected chi connectivity index (χ4v) is 5.43. The minimum Gasteiger partial charge on any atom is -0.493 e. The van der Waals surface area contributed by atoms with Crippen molar-refractivity contribution >= 4 is 6.09 Å². The molecule has 2 fully saturated rings. The van der Waals surface area contributed by atoms with Crippen LogP contribution in [0.2, 0.25) is 0 Å². The van der Waals surface area contributed by atoms with Gasteiger partial charge in [0.25, 0.3) is 0 Å². The van der Waals surface area contributed by atoms with Crippen LogP contribution in [0, 0.1) is 5.92 Å². The lowest BCUT2D eigenvalue weighted by Crippen LogP contribution is -2.44. The Kier molecular flexibility index (Phi) is 7.70. The number of carbonyl (C=O) groups is 1. The van der Waals surface area contributed by atoms with Crippen LogP contribution in [-0.2, 0) is 11.2 Å². The number of piperidine rings is 1. The second-order valence-corrected chi connectivity index (χ2v) is 9.85. The Balaban J connectivity index is 1.08. The van der Waals surface area contributed by atoms with Crippen LogP contribution in [0.1, 0.15) is 24.8 Å². The molecule has 8 nitrogen and oxygen atoms in total. The van der Waals surface area contributed by atoms with Gasteiger partial charge in [-0.15, -0.1) is 0 Å². The van der Waals surface area contributed by atoms with Crippen molar-refractivity contribution < 1.29 is 28.5 Å². The van der Waals surface area contributed by atoms with Crippen molar-refractivity contribution in [1.82, 2.24) is 9.80 Å². The van der Waals surface area contributed by atoms with E-state index in [1.54, 1.807) is 14.2 Å². The van der Waals surface area contributed by atoms with Gasteiger partial charge in [0.1, 0.15) is 19.3 Å². The van der Waals surface area contributed by atoms with Crippen molar-refractivity contribution in [2.24, 2.45) is 5.92 Å². The number of hydrogen-bond acceptors (Lipinski definition) is 7. The zero-order chi connectivity index (χ0) is 24.9. The summed E-state index contributed by atoms with van der Waals surface area (Å²) in [6, 6.07) is 13.8. The van der Waals surface area contributed by atoms with E-state index in [9.17, 15) is 4.79 Å². The van der Waals surface area contributed by atoms with Crippen LogP contribution >= 0.6 is 0 Å². The third kappa shape index (κ3) is 5.64. The fraction of sp³-hybridized carbons (Fsp3) is 0.536. The van der Waals surface area contributed by atoms with E-state index in [0.29, 0.717) is 30.6 Å². The molecule has 1 amide bonds. The Hall–Kier alpha value is -3.13. The minimum atomic E-state index is -0.201. The monoisotopic (exact) mass is 496 g/mol. The largest absolute Gasteiger partial charge is 0.493 e. The lowest BCUT2D eigenvalue weighted by atomic mass is 9.93. The Bertz CT molecular complexity index is 1040. The molecular weight excluding hydrogens is 460 g/mol. The Morgan fingerprint density at radius 3 is 2.50 bits per heavy atom. The molecule has 3 aliphatic rings. The van der Waals surface area contributed by atoms with E-state index in [2.05, 4.69) is 4.90 Å². The number of carbonyl (C=O) groups excluding carboxylic acids is 1. The van der Waals surface area contributed by atoms with Crippen LogP contribution in [0.25, 0.3) is 0 Å². The normalized spacial score (nSPS) is 22.4. The molecule has 3 aliphatic heterocycles. The molecule has 2 atom stereocenters. The molecule has 0 bridgehead atoms. The molecule has 2 saturated heterocycles. The number of para-hydroxylation sites is 2. The first kappa shape index (κ1) is 24.6. The molecule has 0 saturated carbocycles. The number of cyclic esters (lactones) is 1. The highest BCUT2D eigenvalue weighted by molar-refractivity contribution is 5.70. The average molecular weight is 497 g/mol. The molecule has 0 N–H and O–H groups in total. The summed E-state index contributed by atoms with van der Waals surface area (Å²) in [6.45, 7) is 4.73. The van der Waals surface area contributed by atoms with Crippen molar-refractivity contribution in [3.8, 4) is 23.0 Å². The summed E-state index contributed by atoms with van der Waals surface area (Å²) in [4.78, 5) is 16.8. The van der Waals surface area contributed by atoms with E-state index >= 15 is 0 Å². The van der Waals surface area contributed by atoms with Gasteiger partial charge in [-0.25, -0.2) is 4.79 Å². The maximum atomic E-state index is 12.5. The van der Waals surface area contributed by atoms with Gasteiger partial charge in [0, 0.05) is 13.1 Å². The lowest BCUT2D eigenvalue weighted by Gasteiger charge is -2.36. The summed E-state index contributed by atoms with van der Waals surface area (Å²) in [7, 11) is 3.26. The molecular formula is C28H36N2O6. The van der Waals surface area contributed by atoms with E-state index in [0.717, 1.165) is 68.9 Å². The molecule has 0 aromatic heterocycles. The molecule has 8 heteroatoms. The van der Waals surface area contributed by atoms with Gasteiger partial charge >= 0.3 is 6.09 Å². The number of benzene rings is 2. The number of fused-ring (bicyclic) bond motifs is 1. The second-order valence-electron chi connectivity index (χ2n) is 9.85. The molecule has 3 heterocycles. The van der Waals surface area contributed by atoms with Gasteiger partial charge in [-0.2, -0.15) is 0 Å². The molecule has 194 valence electrons. The highest BCUT2D eigenvalue weighted by Gasteiger charge is 2.34. The topological polar surface area (TPSA) is 69.7 Å². The van der Waals surface area contributed by atoms with Gasteiger partial charge in [0.2, 0.25) is 0 Å². The SMILES string of the molecule is COc1ccc(CC2COC(=O)N2CCC2CCN(CC3COc4ccccc4O3)CC2)cc1OC. The maximum absolute atomic E-state index is 12.5.